The minimum atomic E-state index is -4.54. The molecule has 0 N–H and O–H groups in total. The summed E-state index contributed by atoms with van der Waals surface area (Å²) in [6, 6.07) is 3.62. The second kappa shape index (κ2) is 10.1. The maximum Gasteiger partial charge on any atom is 0.406 e. The lowest BCUT2D eigenvalue weighted by Gasteiger charge is -2.25. The molecule has 0 aromatic heterocycles. The van der Waals surface area contributed by atoms with Crippen molar-refractivity contribution in [2.24, 2.45) is 0 Å². The van der Waals surface area contributed by atoms with E-state index in [4.69, 9.17) is 11.6 Å². The van der Waals surface area contributed by atoms with Crippen molar-refractivity contribution in [3.63, 3.8) is 0 Å². The van der Waals surface area contributed by atoms with Crippen molar-refractivity contribution in [2.45, 2.75) is 56.5 Å². The van der Waals surface area contributed by atoms with E-state index in [1.807, 2.05) is 6.92 Å². The van der Waals surface area contributed by atoms with E-state index in [2.05, 4.69) is 0 Å². The van der Waals surface area contributed by atoms with Gasteiger partial charge >= 0.3 is 6.18 Å². The van der Waals surface area contributed by atoms with E-state index in [0.29, 0.717) is 30.8 Å². The topological polar surface area (TPSA) is 57.7 Å². The largest absolute Gasteiger partial charge is 0.406 e. The summed E-state index contributed by atoms with van der Waals surface area (Å²) in [6.45, 7) is 1.07. The minimum absolute atomic E-state index is 0.0540. The molecule has 2 rings (SSSR count). The molecule has 0 bridgehead atoms. The third-order valence-electron chi connectivity index (χ3n) is 4.80. The van der Waals surface area contributed by atoms with Crippen LogP contribution in [0.5, 0.6) is 0 Å². The molecule has 0 unspecified atom stereocenters. The Kier molecular flexibility index (Phi) is 8.37. The monoisotopic (exact) mass is 454 g/mol. The molecule has 10 heteroatoms. The molecule has 1 aliphatic heterocycles. The molecular weight excluding hydrogens is 429 g/mol. The second-order valence-corrected chi connectivity index (χ2v) is 9.47. The second-order valence-electron chi connectivity index (χ2n) is 7.16. The van der Waals surface area contributed by atoms with E-state index in [-0.39, 0.29) is 22.0 Å². The zero-order valence-corrected chi connectivity index (χ0v) is 17.9. The Labute approximate surface area is 174 Å². The fourth-order valence-electron chi connectivity index (χ4n) is 3.26. The standard InChI is InChI=1S/C19H26ClF3N2O3S/c1-2-3-10-24(14-19(21,22)23)18(26)15-8-9-16(20)17(13-15)29(27,28)25-11-6-4-5-7-12-25/h8-9,13H,2-7,10-12,14H2,1H3. The molecule has 1 aromatic carbocycles. The normalized spacial score (nSPS) is 16.4. The van der Waals surface area contributed by atoms with E-state index < -0.39 is 28.7 Å². The predicted octanol–water partition coefficient (Wildman–Crippen LogP) is 4.71. The first kappa shape index (κ1) is 24.0. The van der Waals surface area contributed by atoms with Gasteiger partial charge < -0.3 is 4.90 Å². The Bertz CT molecular complexity index is 807. The van der Waals surface area contributed by atoms with Crippen LogP contribution in [-0.4, -0.2) is 55.9 Å². The molecule has 5 nitrogen and oxygen atoms in total. The van der Waals surface area contributed by atoms with Gasteiger partial charge in [0.1, 0.15) is 11.4 Å². The molecule has 1 fully saturated rings. The lowest BCUT2D eigenvalue weighted by atomic mass is 10.2. The number of rotatable bonds is 7. The molecular formula is C19H26ClF3N2O3S. The quantitative estimate of drug-likeness (QED) is 0.599. The summed E-state index contributed by atoms with van der Waals surface area (Å²) in [6.07, 6.45) is -0.191. The fourth-order valence-corrected chi connectivity index (χ4v) is 5.27. The first-order valence-corrected chi connectivity index (χ1v) is 11.5. The molecule has 0 aliphatic carbocycles. The summed E-state index contributed by atoms with van der Waals surface area (Å²) in [5.41, 5.74) is -0.122. The molecule has 1 saturated heterocycles. The average Bonchev–Trinajstić information content (AvgIpc) is 2.94. The Morgan fingerprint density at radius 1 is 1.17 bits per heavy atom. The Morgan fingerprint density at radius 2 is 1.79 bits per heavy atom. The molecule has 1 aromatic rings. The number of nitrogens with zero attached hydrogens (tertiary/aromatic N) is 2. The van der Waals surface area contributed by atoms with Crippen molar-refractivity contribution in [3.05, 3.63) is 28.8 Å². The first-order chi connectivity index (χ1) is 13.6. The molecule has 1 aliphatic rings. The van der Waals surface area contributed by atoms with Crippen LogP contribution >= 0.6 is 11.6 Å². The summed E-state index contributed by atoms with van der Waals surface area (Å²) in [4.78, 5) is 13.2. The van der Waals surface area contributed by atoms with Gasteiger partial charge in [-0.3, -0.25) is 4.79 Å². The third-order valence-corrected chi connectivity index (χ3v) is 7.18. The van der Waals surface area contributed by atoms with Crippen LogP contribution in [0.2, 0.25) is 5.02 Å². The van der Waals surface area contributed by atoms with Gasteiger partial charge in [0.05, 0.1) is 5.02 Å². The van der Waals surface area contributed by atoms with Gasteiger partial charge in [0, 0.05) is 25.2 Å². The molecule has 29 heavy (non-hydrogen) atoms. The van der Waals surface area contributed by atoms with Crippen LogP contribution in [0, 0.1) is 0 Å². The summed E-state index contributed by atoms with van der Waals surface area (Å²) in [5.74, 6) is -0.861. The van der Waals surface area contributed by atoms with Crippen LogP contribution in [-0.2, 0) is 10.0 Å². The number of carbonyl (C=O) groups is 1. The smallest absolute Gasteiger partial charge is 0.330 e. The number of unbranched alkanes of at least 4 members (excludes halogenated alkanes) is 1. The fraction of sp³-hybridized carbons (Fsp3) is 0.632. The van der Waals surface area contributed by atoms with Gasteiger partial charge in [0.15, 0.2) is 0 Å². The highest BCUT2D eigenvalue weighted by atomic mass is 35.5. The van der Waals surface area contributed by atoms with E-state index in [1.165, 1.54) is 16.4 Å². The molecule has 164 valence electrons. The van der Waals surface area contributed by atoms with Crippen LogP contribution < -0.4 is 0 Å². The van der Waals surface area contributed by atoms with Crippen molar-refractivity contribution in [1.82, 2.24) is 9.21 Å². The summed E-state index contributed by atoms with van der Waals surface area (Å²) in [7, 11) is -3.94. The number of hydrogen-bond donors (Lipinski definition) is 0. The van der Waals surface area contributed by atoms with Gasteiger partial charge in [-0.25, -0.2) is 8.42 Å². The molecule has 0 radical (unpaired) electrons. The molecule has 0 spiro atoms. The van der Waals surface area contributed by atoms with E-state index in [9.17, 15) is 26.4 Å². The van der Waals surface area contributed by atoms with Gasteiger partial charge in [-0.05, 0) is 37.5 Å². The molecule has 1 amide bonds. The third kappa shape index (κ3) is 6.58. The minimum Gasteiger partial charge on any atom is -0.330 e. The van der Waals surface area contributed by atoms with Crippen molar-refractivity contribution < 1.29 is 26.4 Å². The van der Waals surface area contributed by atoms with Crippen LogP contribution in [0.3, 0.4) is 0 Å². The molecule has 0 atom stereocenters. The lowest BCUT2D eigenvalue weighted by Crippen LogP contribution is -2.39. The summed E-state index contributed by atoms with van der Waals surface area (Å²) >= 11 is 6.10. The number of benzene rings is 1. The maximum absolute atomic E-state index is 13.0. The van der Waals surface area contributed by atoms with Gasteiger partial charge in [-0.2, -0.15) is 17.5 Å². The van der Waals surface area contributed by atoms with Gasteiger partial charge in [-0.15, -0.1) is 0 Å². The maximum atomic E-state index is 13.0. The van der Waals surface area contributed by atoms with Crippen LogP contribution in [0.1, 0.15) is 55.8 Å². The Balaban J connectivity index is 2.35. The lowest BCUT2D eigenvalue weighted by molar-refractivity contribution is -0.140. The highest BCUT2D eigenvalue weighted by Crippen LogP contribution is 2.28. The number of alkyl halides is 3. The first-order valence-electron chi connectivity index (χ1n) is 9.72. The van der Waals surface area contributed by atoms with Crippen molar-refractivity contribution in [3.8, 4) is 0 Å². The predicted molar refractivity (Wildman–Crippen MR) is 106 cm³/mol. The van der Waals surface area contributed by atoms with E-state index in [1.54, 1.807) is 0 Å². The zero-order valence-electron chi connectivity index (χ0n) is 16.3. The van der Waals surface area contributed by atoms with Crippen molar-refractivity contribution in [1.29, 1.82) is 0 Å². The Hall–Kier alpha value is -1.32. The van der Waals surface area contributed by atoms with Gasteiger partial charge in [0.25, 0.3) is 5.91 Å². The highest BCUT2D eigenvalue weighted by molar-refractivity contribution is 7.89. The number of halogens is 4. The number of hydrogen-bond acceptors (Lipinski definition) is 3. The Morgan fingerprint density at radius 3 is 2.34 bits per heavy atom. The number of carbonyl (C=O) groups excluding carboxylic acids is 1. The molecule has 0 saturated carbocycles. The summed E-state index contributed by atoms with van der Waals surface area (Å²) in [5, 5.41) is -0.0540. The van der Waals surface area contributed by atoms with Gasteiger partial charge in [-0.1, -0.05) is 37.8 Å². The van der Waals surface area contributed by atoms with E-state index >= 15 is 0 Å². The van der Waals surface area contributed by atoms with Crippen LogP contribution in [0.15, 0.2) is 23.1 Å². The van der Waals surface area contributed by atoms with Crippen molar-refractivity contribution >= 4 is 27.5 Å². The zero-order chi connectivity index (χ0) is 21.7. The van der Waals surface area contributed by atoms with Crippen LogP contribution in [0.4, 0.5) is 13.2 Å². The van der Waals surface area contributed by atoms with Crippen molar-refractivity contribution in [2.75, 3.05) is 26.2 Å². The molecule has 1 heterocycles. The SMILES string of the molecule is CCCCN(CC(F)(F)F)C(=O)c1ccc(Cl)c(S(=O)(=O)N2CCCCCC2)c1. The van der Waals surface area contributed by atoms with Gasteiger partial charge in [0.2, 0.25) is 10.0 Å². The number of amides is 1. The average molecular weight is 455 g/mol. The van der Waals surface area contributed by atoms with E-state index in [0.717, 1.165) is 31.7 Å². The highest BCUT2D eigenvalue weighted by Gasteiger charge is 2.34. The summed E-state index contributed by atoms with van der Waals surface area (Å²) < 4.78 is 66.1. The van der Waals surface area contributed by atoms with Crippen LogP contribution in [0.25, 0.3) is 0 Å². The number of sulfonamides is 1.